The molecule has 4 nitrogen and oxygen atoms in total. The molecule has 0 radical (unpaired) electrons. The monoisotopic (exact) mass is 281 g/mol. The minimum absolute atomic E-state index is 0.145. The molecule has 1 unspecified atom stereocenters. The van der Waals surface area contributed by atoms with Gasteiger partial charge in [0, 0.05) is 12.2 Å². The molecule has 0 aliphatic carbocycles. The Morgan fingerprint density at radius 2 is 2.00 bits per heavy atom. The molecule has 2 aromatic heterocycles. The van der Waals surface area contributed by atoms with Crippen molar-refractivity contribution in [2.24, 2.45) is 0 Å². The number of hydrogen-bond donors (Lipinski definition) is 0. The first-order valence-electron chi connectivity index (χ1n) is 6.58. The molecule has 0 aliphatic heterocycles. The van der Waals surface area contributed by atoms with E-state index in [9.17, 15) is 0 Å². The van der Waals surface area contributed by atoms with Gasteiger partial charge in [-0.25, -0.2) is 9.97 Å². The van der Waals surface area contributed by atoms with E-state index >= 15 is 0 Å². The van der Waals surface area contributed by atoms with Crippen molar-refractivity contribution in [2.45, 2.75) is 45.7 Å². The third kappa shape index (κ3) is 3.25. The zero-order valence-corrected chi connectivity index (χ0v) is 12.6. The number of fused-ring (bicyclic) bond motifs is 1. The first-order valence-corrected chi connectivity index (χ1v) is 7.02. The van der Waals surface area contributed by atoms with E-state index in [0.717, 1.165) is 29.2 Å². The SMILES string of the molecule is Cc1ccc2nc(C(C)Cl)n(CCOC(C)C)c2n1. The van der Waals surface area contributed by atoms with Crippen molar-refractivity contribution >= 4 is 22.8 Å². The van der Waals surface area contributed by atoms with Crippen LogP contribution in [0.25, 0.3) is 11.2 Å². The zero-order valence-electron chi connectivity index (χ0n) is 11.9. The van der Waals surface area contributed by atoms with E-state index < -0.39 is 0 Å². The third-order valence-corrected chi connectivity index (χ3v) is 3.08. The van der Waals surface area contributed by atoms with Gasteiger partial charge in [-0.05, 0) is 39.8 Å². The maximum absolute atomic E-state index is 6.21. The normalized spacial score (nSPS) is 13.4. The molecule has 0 bridgehead atoms. The lowest BCUT2D eigenvalue weighted by Crippen LogP contribution is -2.13. The third-order valence-electron chi connectivity index (χ3n) is 2.88. The summed E-state index contributed by atoms with van der Waals surface area (Å²) in [5.74, 6) is 0.849. The highest BCUT2D eigenvalue weighted by atomic mass is 35.5. The highest BCUT2D eigenvalue weighted by molar-refractivity contribution is 6.20. The molecule has 0 spiro atoms. The van der Waals surface area contributed by atoms with Crippen molar-refractivity contribution in [1.29, 1.82) is 0 Å². The second-order valence-electron chi connectivity index (χ2n) is 4.95. The lowest BCUT2D eigenvalue weighted by Gasteiger charge is -2.12. The van der Waals surface area contributed by atoms with Gasteiger partial charge in [0.15, 0.2) is 5.65 Å². The van der Waals surface area contributed by atoms with Gasteiger partial charge in [-0.3, -0.25) is 0 Å². The molecule has 0 fully saturated rings. The zero-order chi connectivity index (χ0) is 14.0. The average Bonchev–Trinajstić information content (AvgIpc) is 2.67. The van der Waals surface area contributed by atoms with Crippen molar-refractivity contribution in [2.75, 3.05) is 6.61 Å². The molecule has 1 atom stereocenters. The lowest BCUT2D eigenvalue weighted by molar-refractivity contribution is 0.0728. The first-order chi connectivity index (χ1) is 8.99. The van der Waals surface area contributed by atoms with Crippen LogP contribution in [0.15, 0.2) is 12.1 Å². The van der Waals surface area contributed by atoms with Crippen molar-refractivity contribution in [3.05, 3.63) is 23.7 Å². The molecular formula is C14H20ClN3O. The first kappa shape index (κ1) is 14.3. The van der Waals surface area contributed by atoms with E-state index in [-0.39, 0.29) is 11.5 Å². The fourth-order valence-corrected chi connectivity index (χ4v) is 2.18. The van der Waals surface area contributed by atoms with Crippen LogP contribution in [0.2, 0.25) is 0 Å². The van der Waals surface area contributed by atoms with Crippen molar-refractivity contribution in [3.63, 3.8) is 0 Å². The minimum Gasteiger partial charge on any atom is -0.377 e. The summed E-state index contributed by atoms with van der Waals surface area (Å²) in [6, 6.07) is 3.95. The number of ether oxygens (including phenoxy) is 1. The predicted molar refractivity (Wildman–Crippen MR) is 77.6 cm³/mol. The Hall–Kier alpha value is -1.13. The Kier molecular flexibility index (Phi) is 4.42. The van der Waals surface area contributed by atoms with Crippen LogP contribution in [0, 0.1) is 6.92 Å². The summed E-state index contributed by atoms with van der Waals surface area (Å²) in [5.41, 5.74) is 2.75. The fourth-order valence-electron chi connectivity index (χ4n) is 2.02. The van der Waals surface area contributed by atoms with Crippen molar-refractivity contribution in [1.82, 2.24) is 14.5 Å². The molecule has 104 valence electrons. The number of alkyl halides is 1. The van der Waals surface area contributed by atoms with Gasteiger partial charge in [-0.15, -0.1) is 11.6 Å². The molecule has 5 heteroatoms. The summed E-state index contributed by atoms with van der Waals surface area (Å²) >= 11 is 6.21. The average molecular weight is 282 g/mol. The molecule has 2 aromatic rings. The summed E-state index contributed by atoms with van der Waals surface area (Å²) in [7, 11) is 0. The number of nitrogens with zero attached hydrogens (tertiary/aromatic N) is 3. The number of hydrogen-bond acceptors (Lipinski definition) is 3. The number of imidazole rings is 1. The Balaban J connectivity index is 2.36. The van der Waals surface area contributed by atoms with Gasteiger partial charge in [0.05, 0.1) is 18.1 Å². The van der Waals surface area contributed by atoms with Gasteiger partial charge in [0.2, 0.25) is 0 Å². The maximum atomic E-state index is 6.21. The standard InChI is InChI=1S/C14H20ClN3O/c1-9(2)19-8-7-18-13(11(4)15)17-12-6-5-10(3)16-14(12)18/h5-6,9,11H,7-8H2,1-4H3. The van der Waals surface area contributed by atoms with Crippen LogP contribution < -0.4 is 0 Å². The van der Waals surface area contributed by atoms with E-state index in [4.69, 9.17) is 16.3 Å². The van der Waals surface area contributed by atoms with E-state index in [1.165, 1.54) is 0 Å². The summed E-state index contributed by atoms with van der Waals surface area (Å²) < 4.78 is 7.67. The van der Waals surface area contributed by atoms with Crippen LogP contribution in [-0.4, -0.2) is 27.2 Å². The molecule has 19 heavy (non-hydrogen) atoms. The van der Waals surface area contributed by atoms with Gasteiger partial charge in [-0.1, -0.05) is 0 Å². The predicted octanol–water partition coefficient (Wildman–Crippen LogP) is 3.46. The summed E-state index contributed by atoms with van der Waals surface area (Å²) in [6.45, 7) is 9.31. The fraction of sp³-hybridized carbons (Fsp3) is 0.571. The minimum atomic E-state index is -0.145. The van der Waals surface area contributed by atoms with Crippen LogP contribution in [0.4, 0.5) is 0 Å². The summed E-state index contributed by atoms with van der Waals surface area (Å²) in [4.78, 5) is 9.13. The second-order valence-corrected chi connectivity index (χ2v) is 5.61. The van der Waals surface area contributed by atoms with Gasteiger partial charge in [0.1, 0.15) is 11.3 Å². The Morgan fingerprint density at radius 3 is 2.63 bits per heavy atom. The van der Waals surface area contributed by atoms with E-state index in [1.54, 1.807) is 0 Å². The Bertz CT molecular complexity index is 563. The molecule has 0 saturated carbocycles. The number of halogens is 1. The largest absolute Gasteiger partial charge is 0.377 e. The molecule has 0 N–H and O–H groups in total. The molecule has 0 aromatic carbocycles. The van der Waals surface area contributed by atoms with E-state index in [1.807, 2.05) is 39.8 Å². The number of aromatic nitrogens is 3. The number of rotatable bonds is 5. The molecule has 0 saturated heterocycles. The quantitative estimate of drug-likeness (QED) is 0.788. The molecular weight excluding hydrogens is 262 g/mol. The highest BCUT2D eigenvalue weighted by Crippen LogP contribution is 2.23. The smallest absolute Gasteiger partial charge is 0.160 e. The summed E-state index contributed by atoms with van der Waals surface area (Å²) in [6.07, 6.45) is 0.223. The lowest BCUT2D eigenvalue weighted by atomic mass is 10.3. The van der Waals surface area contributed by atoms with E-state index in [0.29, 0.717) is 6.61 Å². The maximum Gasteiger partial charge on any atom is 0.160 e. The van der Waals surface area contributed by atoms with Crippen molar-refractivity contribution in [3.8, 4) is 0 Å². The van der Waals surface area contributed by atoms with Gasteiger partial charge in [0.25, 0.3) is 0 Å². The number of pyridine rings is 1. The molecule has 0 aliphatic rings. The van der Waals surface area contributed by atoms with Crippen LogP contribution in [0.5, 0.6) is 0 Å². The second kappa shape index (κ2) is 5.88. The van der Waals surface area contributed by atoms with Gasteiger partial charge in [-0.2, -0.15) is 0 Å². The van der Waals surface area contributed by atoms with Crippen LogP contribution >= 0.6 is 11.6 Å². The summed E-state index contributed by atoms with van der Waals surface area (Å²) in [5, 5.41) is -0.145. The topological polar surface area (TPSA) is 39.9 Å². The molecule has 2 heterocycles. The van der Waals surface area contributed by atoms with Gasteiger partial charge < -0.3 is 9.30 Å². The van der Waals surface area contributed by atoms with Crippen LogP contribution in [0.1, 0.15) is 37.7 Å². The Labute approximate surface area is 118 Å². The van der Waals surface area contributed by atoms with Crippen LogP contribution in [-0.2, 0) is 11.3 Å². The highest BCUT2D eigenvalue weighted by Gasteiger charge is 2.15. The number of aryl methyl sites for hydroxylation is 1. The van der Waals surface area contributed by atoms with E-state index in [2.05, 4.69) is 14.5 Å². The Morgan fingerprint density at radius 1 is 1.26 bits per heavy atom. The molecule has 2 rings (SSSR count). The van der Waals surface area contributed by atoms with Gasteiger partial charge >= 0.3 is 0 Å². The van der Waals surface area contributed by atoms with Crippen molar-refractivity contribution < 1.29 is 4.74 Å². The molecule has 0 amide bonds. The van der Waals surface area contributed by atoms with Crippen LogP contribution in [0.3, 0.4) is 0 Å².